The minimum absolute atomic E-state index is 0.0204. The van der Waals surface area contributed by atoms with Crippen molar-refractivity contribution in [1.82, 2.24) is 0 Å². The van der Waals surface area contributed by atoms with Gasteiger partial charge in [-0.1, -0.05) is 23.7 Å². The summed E-state index contributed by atoms with van der Waals surface area (Å²) in [4.78, 5) is 11.8. The van der Waals surface area contributed by atoms with Crippen molar-refractivity contribution < 1.29 is 4.92 Å². The van der Waals surface area contributed by atoms with Gasteiger partial charge >= 0.3 is 0 Å². The summed E-state index contributed by atoms with van der Waals surface area (Å²) >= 11 is 7.60. The van der Waals surface area contributed by atoms with Crippen LogP contribution < -0.4 is 5.32 Å². The molecule has 0 aromatic heterocycles. The second-order valence-corrected chi connectivity index (χ2v) is 5.87. The lowest BCUT2D eigenvalue weighted by Gasteiger charge is -2.16. The molecule has 1 unspecified atom stereocenters. The monoisotopic (exact) mass is 322 g/mol. The first-order chi connectivity index (χ1) is 10.0. The number of nitro groups is 1. The Balaban J connectivity index is 2.24. The highest BCUT2D eigenvalue weighted by Gasteiger charge is 2.16. The van der Waals surface area contributed by atoms with Gasteiger partial charge in [0.15, 0.2) is 0 Å². The zero-order chi connectivity index (χ0) is 15.4. The molecular weight excluding hydrogens is 308 g/mol. The number of anilines is 1. The zero-order valence-corrected chi connectivity index (χ0v) is 13.2. The Morgan fingerprint density at radius 3 is 2.48 bits per heavy atom. The summed E-state index contributed by atoms with van der Waals surface area (Å²) in [6.45, 7) is 1.96. The van der Waals surface area contributed by atoms with Gasteiger partial charge in [0.2, 0.25) is 0 Å². The lowest BCUT2D eigenvalue weighted by molar-refractivity contribution is -0.384. The van der Waals surface area contributed by atoms with Gasteiger partial charge in [0.05, 0.1) is 4.92 Å². The lowest BCUT2D eigenvalue weighted by atomic mass is 10.1. The van der Waals surface area contributed by atoms with Crippen LogP contribution in [0.5, 0.6) is 0 Å². The molecule has 0 bridgehead atoms. The molecule has 2 rings (SSSR count). The van der Waals surface area contributed by atoms with E-state index in [2.05, 4.69) is 5.32 Å². The SMILES string of the molecule is CSc1ccc(C(C)Nc2cc(Cl)ccc2[N+](=O)[O-])cc1. The molecule has 2 aromatic rings. The minimum Gasteiger partial charge on any atom is -0.373 e. The van der Waals surface area contributed by atoms with Crippen LogP contribution in [-0.4, -0.2) is 11.2 Å². The standard InChI is InChI=1S/C15H15ClN2O2S/c1-10(11-3-6-13(21-2)7-4-11)17-14-9-12(16)5-8-15(14)18(19)20/h3-10,17H,1-2H3. The highest BCUT2D eigenvalue weighted by Crippen LogP contribution is 2.31. The summed E-state index contributed by atoms with van der Waals surface area (Å²) in [7, 11) is 0. The van der Waals surface area contributed by atoms with Crippen LogP contribution in [0.2, 0.25) is 5.02 Å². The number of halogens is 1. The van der Waals surface area contributed by atoms with Crippen molar-refractivity contribution >= 4 is 34.7 Å². The summed E-state index contributed by atoms with van der Waals surface area (Å²) in [5.74, 6) is 0. The first-order valence-corrected chi connectivity index (χ1v) is 7.96. The van der Waals surface area contributed by atoms with Crippen molar-refractivity contribution in [3.05, 3.63) is 63.2 Å². The number of thioether (sulfide) groups is 1. The van der Waals surface area contributed by atoms with E-state index >= 15 is 0 Å². The lowest BCUT2D eigenvalue weighted by Crippen LogP contribution is -2.08. The first kappa shape index (κ1) is 15.7. The van der Waals surface area contributed by atoms with Crippen molar-refractivity contribution in [3.8, 4) is 0 Å². The molecule has 0 aliphatic heterocycles. The van der Waals surface area contributed by atoms with Crippen molar-refractivity contribution in [2.45, 2.75) is 17.9 Å². The molecular formula is C15H15ClN2O2S. The largest absolute Gasteiger partial charge is 0.373 e. The molecule has 0 fully saturated rings. The average molecular weight is 323 g/mol. The molecule has 0 amide bonds. The molecule has 0 saturated carbocycles. The maximum absolute atomic E-state index is 11.1. The number of nitrogens with zero attached hydrogens (tertiary/aromatic N) is 1. The van der Waals surface area contributed by atoms with Crippen LogP contribution >= 0.6 is 23.4 Å². The van der Waals surface area contributed by atoms with Crippen LogP contribution in [-0.2, 0) is 0 Å². The number of hydrogen-bond acceptors (Lipinski definition) is 4. The van der Waals surface area contributed by atoms with E-state index in [1.165, 1.54) is 17.0 Å². The Hall–Kier alpha value is -1.72. The van der Waals surface area contributed by atoms with Gasteiger partial charge < -0.3 is 5.32 Å². The van der Waals surface area contributed by atoms with Gasteiger partial charge in [-0.2, -0.15) is 0 Å². The van der Waals surface area contributed by atoms with E-state index in [0.29, 0.717) is 10.7 Å². The van der Waals surface area contributed by atoms with E-state index in [1.54, 1.807) is 17.8 Å². The summed E-state index contributed by atoms with van der Waals surface area (Å²) < 4.78 is 0. The maximum Gasteiger partial charge on any atom is 0.292 e. The van der Waals surface area contributed by atoms with Crippen LogP contribution in [0.4, 0.5) is 11.4 Å². The summed E-state index contributed by atoms with van der Waals surface area (Å²) in [5.41, 5.74) is 1.50. The molecule has 1 atom stereocenters. The van der Waals surface area contributed by atoms with Crippen molar-refractivity contribution in [2.75, 3.05) is 11.6 Å². The quantitative estimate of drug-likeness (QED) is 0.470. The molecule has 0 radical (unpaired) electrons. The third-order valence-corrected chi connectivity index (χ3v) is 4.12. The topological polar surface area (TPSA) is 55.2 Å². The molecule has 110 valence electrons. The fourth-order valence-corrected chi connectivity index (χ4v) is 2.57. The van der Waals surface area contributed by atoms with E-state index in [4.69, 9.17) is 11.6 Å². The van der Waals surface area contributed by atoms with Gasteiger partial charge in [-0.05, 0) is 43.0 Å². The second-order valence-electron chi connectivity index (χ2n) is 4.56. The molecule has 0 aliphatic rings. The van der Waals surface area contributed by atoms with Crippen molar-refractivity contribution in [1.29, 1.82) is 0 Å². The Morgan fingerprint density at radius 1 is 1.24 bits per heavy atom. The molecule has 21 heavy (non-hydrogen) atoms. The molecule has 0 aliphatic carbocycles. The Kier molecular flexibility index (Phi) is 5.09. The average Bonchev–Trinajstić information content (AvgIpc) is 2.47. The van der Waals surface area contributed by atoms with Crippen LogP contribution in [0.15, 0.2) is 47.4 Å². The van der Waals surface area contributed by atoms with Crippen molar-refractivity contribution in [3.63, 3.8) is 0 Å². The number of hydrogen-bond donors (Lipinski definition) is 1. The van der Waals surface area contributed by atoms with E-state index in [9.17, 15) is 10.1 Å². The summed E-state index contributed by atoms with van der Waals surface area (Å²) in [6, 6.07) is 12.5. The Morgan fingerprint density at radius 2 is 1.90 bits per heavy atom. The molecule has 0 heterocycles. The normalized spacial score (nSPS) is 12.0. The van der Waals surface area contributed by atoms with Gasteiger partial charge in [-0.15, -0.1) is 11.8 Å². The van der Waals surface area contributed by atoms with Gasteiger partial charge in [0.1, 0.15) is 5.69 Å². The second kappa shape index (κ2) is 6.83. The van der Waals surface area contributed by atoms with Gasteiger partial charge in [-0.25, -0.2) is 0 Å². The minimum atomic E-state index is -0.414. The van der Waals surface area contributed by atoms with E-state index < -0.39 is 4.92 Å². The predicted octanol–water partition coefficient (Wildman–Crippen LogP) is 5.14. The number of nitrogens with one attached hydrogen (secondary N) is 1. The van der Waals surface area contributed by atoms with E-state index in [-0.39, 0.29) is 11.7 Å². The van der Waals surface area contributed by atoms with Gasteiger partial charge in [0.25, 0.3) is 5.69 Å². The maximum atomic E-state index is 11.1. The molecule has 4 nitrogen and oxygen atoms in total. The summed E-state index contributed by atoms with van der Waals surface area (Å²) in [5, 5.41) is 14.7. The molecule has 0 spiro atoms. The van der Waals surface area contributed by atoms with Crippen LogP contribution in [0.1, 0.15) is 18.5 Å². The van der Waals surface area contributed by atoms with E-state index in [0.717, 1.165) is 5.56 Å². The highest BCUT2D eigenvalue weighted by atomic mass is 35.5. The van der Waals surface area contributed by atoms with Crippen LogP contribution in [0.3, 0.4) is 0 Å². The van der Waals surface area contributed by atoms with Crippen LogP contribution in [0.25, 0.3) is 0 Å². The van der Waals surface area contributed by atoms with Crippen LogP contribution in [0, 0.1) is 10.1 Å². The number of nitro benzene ring substituents is 1. The predicted molar refractivity (Wildman–Crippen MR) is 88.4 cm³/mol. The third-order valence-electron chi connectivity index (χ3n) is 3.14. The third kappa shape index (κ3) is 3.89. The first-order valence-electron chi connectivity index (χ1n) is 6.35. The van der Waals surface area contributed by atoms with Crippen molar-refractivity contribution in [2.24, 2.45) is 0 Å². The number of benzene rings is 2. The Labute approximate surface area is 132 Å². The summed E-state index contributed by atoms with van der Waals surface area (Å²) in [6.07, 6.45) is 2.02. The molecule has 6 heteroatoms. The van der Waals surface area contributed by atoms with E-state index in [1.807, 2.05) is 37.4 Å². The molecule has 1 N–H and O–H groups in total. The zero-order valence-electron chi connectivity index (χ0n) is 11.7. The fourth-order valence-electron chi connectivity index (χ4n) is 1.99. The highest BCUT2D eigenvalue weighted by molar-refractivity contribution is 7.98. The van der Waals surface area contributed by atoms with Gasteiger partial charge in [0, 0.05) is 22.0 Å². The Bertz CT molecular complexity index is 647. The van der Waals surface area contributed by atoms with Gasteiger partial charge in [-0.3, -0.25) is 10.1 Å². The molecule has 0 saturated heterocycles. The smallest absolute Gasteiger partial charge is 0.292 e. The number of rotatable bonds is 5. The molecule has 2 aromatic carbocycles. The fraction of sp³-hybridized carbons (Fsp3) is 0.200.